The summed E-state index contributed by atoms with van der Waals surface area (Å²) in [5.74, 6) is -2.84. The van der Waals surface area contributed by atoms with Crippen molar-refractivity contribution in [3.05, 3.63) is 68.2 Å². The summed E-state index contributed by atoms with van der Waals surface area (Å²) in [6.45, 7) is 19.6. The van der Waals surface area contributed by atoms with Gasteiger partial charge in [-0.3, -0.25) is 14.4 Å². The molecule has 66 heavy (non-hydrogen) atoms. The summed E-state index contributed by atoms with van der Waals surface area (Å²) in [7, 11) is 1.42. The number of unbranched alkanes of at least 4 members (excludes halogenated alkanes) is 3. The molecule has 1 spiro atoms. The van der Waals surface area contributed by atoms with E-state index in [-0.39, 0.29) is 78.9 Å². The van der Waals surface area contributed by atoms with Gasteiger partial charge < -0.3 is 42.8 Å². The van der Waals surface area contributed by atoms with Gasteiger partial charge in [-0.05, 0) is 106 Å². The smallest absolute Gasteiger partial charge is 0.340 e. The van der Waals surface area contributed by atoms with Crippen LogP contribution in [0.5, 0.6) is 34.5 Å². The first-order valence-corrected chi connectivity index (χ1v) is 23.7. The highest BCUT2D eigenvalue weighted by molar-refractivity contribution is 7.44. The van der Waals surface area contributed by atoms with E-state index in [0.29, 0.717) is 38.2 Å². The highest BCUT2D eigenvalue weighted by atomic mass is 35.5. The molecular formula is C48H60Cl2N3O12P. The first-order chi connectivity index (χ1) is 31.0. The lowest BCUT2D eigenvalue weighted by molar-refractivity contribution is -0.143. The van der Waals surface area contributed by atoms with Crippen molar-refractivity contribution in [2.75, 3.05) is 34.0 Å². The number of methoxy groups -OCH3 is 2. The first-order valence-electron chi connectivity index (χ1n) is 21.8. The number of rotatable bonds is 19. The second kappa shape index (κ2) is 21.5. The molecule has 1 amide bonds. The summed E-state index contributed by atoms with van der Waals surface area (Å²) in [6, 6.07) is 10.2. The molecule has 5 rings (SSSR count). The molecule has 0 bridgehead atoms. The molecule has 2 aliphatic rings. The number of nitriles is 1. The zero-order valence-electron chi connectivity index (χ0n) is 39.7. The maximum absolute atomic E-state index is 14.2. The van der Waals surface area contributed by atoms with Gasteiger partial charge >= 0.3 is 17.9 Å². The quantitative estimate of drug-likeness (QED) is 0.0518. The minimum Gasteiger partial charge on any atom is -0.493 e. The van der Waals surface area contributed by atoms with Crippen LogP contribution in [0.25, 0.3) is 0 Å². The number of carbonyl (C=O) groups is 4. The summed E-state index contributed by atoms with van der Waals surface area (Å²) in [5.41, 5.74) is -2.77. The van der Waals surface area contributed by atoms with Crippen molar-refractivity contribution in [2.24, 2.45) is 10.8 Å². The second-order valence-corrected chi connectivity index (χ2v) is 20.7. The lowest BCUT2D eigenvalue weighted by atomic mass is 9.77. The van der Waals surface area contributed by atoms with Crippen LogP contribution in [0, 0.1) is 22.2 Å². The molecule has 0 fully saturated rings. The van der Waals surface area contributed by atoms with Crippen LogP contribution in [0.4, 0.5) is 0 Å². The van der Waals surface area contributed by atoms with Crippen molar-refractivity contribution >= 4 is 55.5 Å². The van der Waals surface area contributed by atoms with Crippen molar-refractivity contribution < 1.29 is 56.6 Å². The van der Waals surface area contributed by atoms with Crippen LogP contribution in [0.1, 0.15) is 139 Å². The first kappa shape index (κ1) is 52.3. The number of fused-ring (bicyclic) bond motifs is 6. The van der Waals surface area contributed by atoms with Crippen LogP contribution in [0.2, 0.25) is 10.0 Å². The Balaban J connectivity index is 1.43. The maximum atomic E-state index is 14.2. The van der Waals surface area contributed by atoms with Gasteiger partial charge in [0.15, 0.2) is 40.1 Å². The van der Waals surface area contributed by atoms with Crippen molar-refractivity contribution in [3.63, 3.8) is 0 Å². The SMILES string of the molecule is COc1cc2c(c(Cl)c1OC(=O)C(C)(C)C)Oc1c(cc(OC)c(OC(=O)C(C)(C)C)c1Cl)C21OC(=O)c2cc(C(=O)NCCCCCCOP(OCCC#N)N(C(C)C)C(C)C)ccc21. The Morgan fingerprint density at radius 1 is 0.788 bits per heavy atom. The molecule has 1 atom stereocenters. The van der Waals surface area contributed by atoms with Gasteiger partial charge in [-0.1, -0.05) is 42.1 Å². The number of nitrogens with one attached hydrogen (secondary N) is 1. The number of halogens is 2. The number of amides is 1. The summed E-state index contributed by atoms with van der Waals surface area (Å²) in [5, 5.41) is 11.5. The monoisotopic (exact) mass is 971 g/mol. The molecule has 358 valence electrons. The van der Waals surface area contributed by atoms with E-state index < -0.39 is 48.8 Å². The van der Waals surface area contributed by atoms with Gasteiger partial charge in [-0.2, -0.15) is 5.26 Å². The fourth-order valence-electron chi connectivity index (χ4n) is 7.29. The summed E-state index contributed by atoms with van der Waals surface area (Å²) >= 11 is 14.1. The number of ether oxygens (including phenoxy) is 6. The third-order valence-electron chi connectivity index (χ3n) is 10.6. The molecule has 1 N–H and O–H groups in total. The Labute approximate surface area is 398 Å². The average molecular weight is 973 g/mol. The Morgan fingerprint density at radius 3 is 1.79 bits per heavy atom. The van der Waals surface area contributed by atoms with Crippen LogP contribution in [-0.4, -0.2) is 74.5 Å². The minimum absolute atomic E-state index is 0.0274. The minimum atomic E-state index is -1.85. The molecule has 15 nitrogen and oxygen atoms in total. The van der Waals surface area contributed by atoms with E-state index in [0.717, 1.165) is 19.3 Å². The Kier molecular flexibility index (Phi) is 17.0. The highest BCUT2D eigenvalue weighted by Crippen LogP contribution is 2.64. The fourth-order valence-corrected chi connectivity index (χ4v) is 9.46. The molecule has 2 heterocycles. The van der Waals surface area contributed by atoms with Gasteiger partial charge in [0.25, 0.3) is 14.4 Å². The molecule has 3 aromatic carbocycles. The number of esters is 3. The number of carbonyl (C=O) groups excluding carboxylic acids is 4. The standard InChI is InChI=1S/C48H60Cl2N3O12P/c1-27(2)53(28(3)4)66(61-23-17-20-51)60-22-16-14-13-15-21-52-42(54)29-18-19-31-30(24-29)43(55)65-48(31)32-25-34(58-11)40(63-44(56)46(5,6)7)36(49)38(32)62-39-33(48)26-35(59-12)41(37(39)50)64-45(57)47(8,9)10/h18-19,24-28H,13-17,21-23H2,1-12H3,(H,52,54). The van der Waals surface area contributed by atoms with Crippen LogP contribution in [0.15, 0.2) is 30.3 Å². The van der Waals surface area contributed by atoms with Crippen molar-refractivity contribution in [3.8, 4) is 40.6 Å². The van der Waals surface area contributed by atoms with Gasteiger partial charge in [0.05, 0.1) is 67.4 Å². The molecular weight excluding hydrogens is 912 g/mol. The summed E-state index contributed by atoms with van der Waals surface area (Å²) in [6.07, 6.45) is 3.50. The molecule has 18 heteroatoms. The molecule has 3 aromatic rings. The number of nitrogens with zero attached hydrogens (tertiary/aromatic N) is 2. The van der Waals surface area contributed by atoms with Gasteiger partial charge in [0.1, 0.15) is 10.0 Å². The topological polar surface area (TPSA) is 181 Å². The fraction of sp³-hybridized carbons (Fsp3) is 0.521. The van der Waals surface area contributed by atoms with Crippen LogP contribution in [0.3, 0.4) is 0 Å². The van der Waals surface area contributed by atoms with Crippen LogP contribution >= 0.6 is 31.7 Å². The normalized spacial score (nSPS) is 14.2. The molecule has 0 aromatic heterocycles. The van der Waals surface area contributed by atoms with Crippen LogP contribution in [-0.2, 0) is 29.0 Å². The lowest BCUT2D eigenvalue weighted by Gasteiger charge is -2.38. The van der Waals surface area contributed by atoms with E-state index in [4.69, 9.17) is 65.9 Å². The molecule has 1 unspecified atom stereocenters. The number of benzene rings is 3. The number of hydrogen-bond acceptors (Lipinski definition) is 14. The van der Waals surface area contributed by atoms with Crippen LogP contribution < -0.4 is 29.0 Å². The van der Waals surface area contributed by atoms with E-state index in [2.05, 4.69) is 43.8 Å². The van der Waals surface area contributed by atoms with Gasteiger partial charge in [-0.25, -0.2) is 9.46 Å². The van der Waals surface area contributed by atoms with Crippen molar-refractivity contribution in [2.45, 2.75) is 119 Å². The summed E-state index contributed by atoms with van der Waals surface area (Å²) in [4.78, 5) is 54.1. The zero-order chi connectivity index (χ0) is 48.9. The second-order valence-electron chi connectivity index (χ2n) is 18.5. The van der Waals surface area contributed by atoms with E-state index in [1.165, 1.54) is 32.4 Å². The molecule has 0 saturated heterocycles. The van der Waals surface area contributed by atoms with Gasteiger partial charge in [-0.15, -0.1) is 0 Å². The largest absolute Gasteiger partial charge is 0.493 e. The van der Waals surface area contributed by atoms with Crippen molar-refractivity contribution in [1.29, 1.82) is 5.26 Å². The Morgan fingerprint density at radius 2 is 1.30 bits per heavy atom. The zero-order valence-corrected chi connectivity index (χ0v) is 42.1. The molecule has 2 aliphatic heterocycles. The third-order valence-corrected chi connectivity index (χ3v) is 13.4. The van der Waals surface area contributed by atoms with E-state index >= 15 is 0 Å². The molecule has 0 aliphatic carbocycles. The third kappa shape index (κ3) is 11.0. The average Bonchev–Trinajstić information content (AvgIpc) is 3.53. The van der Waals surface area contributed by atoms with E-state index in [9.17, 15) is 19.2 Å². The van der Waals surface area contributed by atoms with Crippen molar-refractivity contribution in [1.82, 2.24) is 9.99 Å². The van der Waals surface area contributed by atoms with E-state index in [1.807, 2.05) is 0 Å². The summed E-state index contributed by atoms with van der Waals surface area (Å²) < 4.78 is 50.2. The predicted molar refractivity (Wildman–Crippen MR) is 250 cm³/mol. The Hall–Kier alpha value is -4.68. The highest BCUT2D eigenvalue weighted by Gasteiger charge is 2.56. The van der Waals surface area contributed by atoms with E-state index in [1.54, 1.807) is 53.7 Å². The molecule has 0 saturated carbocycles. The Bertz CT molecular complexity index is 2270. The lowest BCUT2D eigenvalue weighted by Crippen LogP contribution is -2.34. The number of hydrogen-bond donors (Lipinski definition) is 1. The van der Waals surface area contributed by atoms with Gasteiger partial charge in [0, 0.05) is 29.8 Å². The maximum Gasteiger partial charge on any atom is 0.340 e. The predicted octanol–water partition coefficient (Wildman–Crippen LogP) is 11.1. The van der Waals surface area contributed by atoms with Gasteiger partial charge in [0.2, 0.25) is 0 Å². The molecule has 0 radical (unpaired) electrons.